The van der Waals surface area contributed by atoms with Gasteiger partial charge in [0.1, 0.15) is 16.6 Å². The van der Waals surface area contributed by atoms with Crippen LogP contribution in [0.4, 0.5) is 8.78 Å². The zero-order valence-corrected chi connectivity index (χ0v) is 10.9. The molecule has 0 aliphatic heterocycles. The maximum Gasteiger partial charge on any atom is 0.136 e. The van der Waals surface area contributed by atoms with Gasteiger partial charge < -0.3 is 5.32 Å². The summed E-state index contributed by atoms with van der Waals surface area (Å²) in [4.78, 5) is 5.06. The highest BCUT2D eigenvalue weighted by molar-refractivity contribution is 7.15. The minimum atomic E-state index is -0.572. The molecule has 1 heterocycles. The Balaban J connectivity index is 2.19. The number of benzene rings is 1. The number of nitrogens with one attached hydrogen (secondary N) is 1. The first-order chi connectivity index (χ1) is 8.72. The first-order valence-corrected chi connectivity index (χ1v) is 6.63. The molecule has 2 nitrogen and oxygen atoms in total. The van der Waals surface area contributed by atoms with Gasteiger partial charge in [-0.3, -0.25) is 0 Å². The molecule has 0 unspecified atom stereocenters. The van der Waals surface area contributed by atoms with Crippen molar-refractivity contribution >= 4 is 11.3 Å². The van der Waals surface area contributed by atoms with Gasteiger partial charge in [-0.05, 0) is 25.1 Å². The number of aromatic nitrogens is 1. The second-order valence-electron chi connectivity index (χ2n) is 3.91. The van der Waals surface area contributed by atoms with Crippen LogP contribution >= 0.6 is 11.3 Å². The molecule has 0 fully saturated rings. The van der Waals surface area contributed by atoms with Crippen LogP contribution in [0.25, 0.3) is 10.6 Å². The van der Waals surface area contributed by atoms with Crippen molar-refractivity contribution in [3.63, 3.8) is 0 Å². The Kier molecular flexibility index (Phi) is 4.38. The summed E-state index contributed by atoms with van der Waals surface area (Å²) in [5, 5.41) is 3.62. The molecule has 1 aromatic carbocycles. The number of thiazole rings is 1. The molecule has 0 aliphatic carbocycles. The van der Waals surface area contributed by atoms with Gasteiger partial charge in [0, 0.05) is 17.6 Å². The molecule has 2 rings (SSSR count). The Morgan fingerprint density at radius 1 is 1.28 bits per heavy atom. The van der Waals surface area contributed by atoms with Crippen LogP contribution in [0.5, 0.6) is 0 Å². The first-order valence-electron chi connectivity index (χ1n) is 5.82. The lowest BCUT2D eigenvalue weighted by Crippen LogP contribution is -2.12. The van der Waals surface area contributed by atoms with E-state index in [9.17, 15) is 8.78 Å². The van der Waals surface area contributed by atoms with Crippen LogP contribution in [0.2, 0.25) is 0 Å². The molecule has 0 atom stereocenters. The SMILES string of the molecule is CCCNCc1cnc(-c2c(F)cccc2F)s1. The maximum absolute atomic E-state index is 13.6. The molecule has 0 saturated carbocycles. The van der Waals surface area contributed by atoms with Crippen LogP contribution in [0.1, 0.15) is 18.2 Å². The lowest BCUT2D eigenvalue weighted by atomic mass is 10.2. The zero-order chi connectivity index (χ0) is 13.0. The molecule has 0 bridgehead atoms. The van der Waals surface area contributed by atoms with Gasteiger partial charge in [0.2, 0.25) is 0 Å². The van der Waals surface area contributed by atoms with Gasteiger partial charge in [-0.1, -0.05) is 13.0 Å². The average molecular weight is 268 g/mol. The van der Waals surface area contributed by atoms with Crippen LogP contribution in [0.3, 0.4) is 0 Å². The van der Waals surface area contributed by atoms with Gasteiger partial charge in [-0.2, -0.15) is 0 Å². The van der Waals surface area contributed by atoms with Gasteiger partial charge in [0.15, 0.2) is 0 Å². The van der Waals surface area contributed by atoms with E-state index >= 15 is 0 Å². The fraction of sp³-hybridized carbons (Fsp3) is 0.308. The van der Waals surface area contributed by atoms with E-state index in [2.05, 4.69) is 17.2 Å². The number of halogens is 2. The summed E-state index contributed by atoms with van der Waals surface area (Å²) in [6.45, 7) is 3.68. The van der Waals surface area contributed by atoms with Crippen molar-refractivity contribution in [2.45, 2.75) is 19.9 Å². The predicted octanol–water partition coefficient (Wildman–Crippen LogP) is 3.59. The van der Waals surface area contributed by atoms with Crippen LogP contribution in [0, 0.1) is 11.6 Å². The Labute approximate surface area is 109 Å². The number of nitrogens with zero attached hydrogens (tertiary/aromatic N) is 1. The second kappa shape index (κ2) is 6.02. The van der Waals surface area contributed by atoms with Crippen LogP contribution in [-0.4, -0.2) is 11.5 Å². The Morgan fingerprint density at radius 2 is 2.00 bits per heavy atom. The van der Waals surface area contributed by atoms with E-state index in [-0.39, 0.29) is 5.56 Å². The Bertz CT molecular complexity index is 505. The molecule has 0 aliphatic rings. The van der Waals surface area contributed by atoms with E-state index in [1.807, 2.05) is 0 Å². The predicted molar refractivity (Wildman–Crippen MR) is 69.5 cm³/mol. The summed E-state index contributed by atoms with van der Waals surface area (Å²) in [6.07, 6.45) is 2.71. The summed E-state index contributed by atoms with van der Waals surface area (Å²) in [5.41, 5.74) is -0.0377. The zero-order valence-electron chi connectivity index (χ0n) is 10.0. The van der Waals surface area contributed by atoms with E-state index in [0.717, 1.165) is 17.8 Å². The van der Waals surface area contributed by atoms with E-state index in [4.69, 9.17) is 0 Å². The van der Waals surface area contributed by atoms with Crippen LogP contribution in [-0.2, 0) is 6.54 Å². The van der Waals surface area contributed by atoms with E-state index in [0.29, 0.717) is 11.6 Å². The monoisotopic (exact) mass is 268 g/mol. The molecule has 96 valence electrons. The van der Waals surface area contributed by atoms with E-state index in [1.165, 1.54) is 29.5 Å². The highest BCUT2D eigenvalue weighted by Crippen LogP contribution is 2.29. The molecular formula is C13H14F2N2S. The smallest absolute Gasteiger partial charge is 0.136 e. The molecule has 0 saturated heterocycles. The Morgan fingerprint density at radius 3 is 2.67 bits per heavy atom. The minimum Gasteiger partial charge on any atom is -0.312 e. The summed E-state index contributed by atoms with van der Waals surface area (Å²) in [7, 11) is 0. The van der Waals surface area contributed by atoms with Crippen molar-refractivity contribution in [3.8, 4) is 10.6 Å². The lowest BCUT2D eigenvalue weighted by Gasteiger charge is -2.00. The third-order valence-electron chi connectivity index (χ3n) is 2.46. The summed E-state index contributed by atoms with van der Waals surface area (Å²) >= 11 is 1.31. The highest BCUT2D eigenvalue weighted by atomic mass is 32.1. The van der Waals surface area contributed by atoms with Crippen LogP contribution < -0.4 is 5.32 Å². The minimum absolute atomic E-state index is 0.0377. The molecule has 5 heteroatoms. The van der Waals surface area contributed by atoms with Gasteiger partial charge in [0.05, 0.1) is 5.56 Å². The molecule has 0 radical (unpaired) electrons. The first kappa shape index (κ1) is 13.1. The molecule has 0 amide bonds. The van der Waals surface area contributed by atoms with Gasteiger partial charge >= 0.3 is 0 Å². The van der Waals surface area contributed by atoms with Gasteiger partial charge in [-0.25, -0.2) is 13.8 Å². The van der Waals surface area contributed by atoms with Crippen LogP contribution in [0.15, 0.2) is 24.4 Å². The molecule has 2 aromatic rings. The summed E-state index contributed by atoms with van der Waals surface area (Å²) < 4.78 is 27.1. The average Bonchev–Trinajstić information content (AvgIpc) is 2.78. The molecule has 1 N–H and O–H groups in total. The molecular weight excluding hydrogens is 254 g/mol. The summed E-state index contributed by atoms with van der Waals surface area (Å²) in [5.74, 6) is -1.14. The molecule has 1 aromatic heterocycles. The van der Waals surface area contributed by atoms with E-state index < -0.39 is 11.6 Å². The van der Waals surface area contributed by atoms with Gasteiger partial charge in [0.25, 0.3) is 0 Å². The molecule has 18 heavy (non-hydrogen) atoms. The fourth-order valence-corrected chi connectivity index (χ4v) is 2.53. The number of hydrogen-bond donors (Lipinski definition) is 1. The largest absolute Gasteiger partial charge is 0.312 e. The van der Waals surface area contributed by atoms with E-state index in [1.54, 1.807) is 6.20 Å². The standard InChI is InChI=1S/C13H14F2N2S/c1-2-6-16-7-9-8-17-13(18-9)12-10(14)4-3-5-11(12)15/h3-5,8,16H,2,6-7H2,1H3. The topological polar surface area (TPSA) is 24.9 Å². The van der Waals surface area contributed by atoms with Crippen molar-refractivity contribution in [2.75, 3.05) is 6.54 Å². The van der Waals surface area contributed by atoms with Crippen molar-refractivity contribution in [1.82, 2.24) is 10.3 Å². The highest BCUT2D eigenvalue weighted by Gasteiger charge is 2.14. The Hall–Kier alpha value is -1.33. The normalized spacial score (nSPS) is 10.8. The van der Waals surface area contributed by atoms with Crippen molar-refractivity contribution in [2.24, 2.45) is 0 Å². The number of hydrogen-bond acceptors (Lipinski definition) is 3. The molecule has 0 spiro atoms. The number of rotatable bonds is 5. The van der Waals surface area contributed by atoms with Crippen molar-refractivity contribution in [3.05, 3.63) is 40.9 Å². The second-order valence-corrected chi connectivity index (χ2v) is 5.02. The third-order valence-corrected chi connectivity index (χ3v) is 3.47. The lowest BCUT2D eigenvalue weighted by molar-refractivity contribution is 0.589. The van der Waals surface area contributed by atoms with Crippen molar-refractivity contribution in [1.29, 1.82) is 0 Å². The third kappa shape index (κ3) is 2.91. The van der Waals surface area contributed by atoms with Gasteiger partial charge in [-0.15, -0.1) is 11.3 Å². The fourth-order valence-electron chi connectivity index (χ4n) is 1.60. The maximum atomic E-state index is 13.6. The van der Waals surface area contributed by atoms with Crippen molar-refractivity contribution < 1.29 is 8.78 Å². The summed E-state index contributed by atoms with van der Waals surface area (Å²) in [6, 6.07) is 3.84. The quantitative estimate of drug-likeness (QED) is 0.838.